The topological polar surface area (TPSA) is 104 Å². The predicted octanol–water partition coefficient (Wildman–Crippen LogP) is 6.86. The molecule has 8 rings (SSSR count). The molecule has 1 aromatic carbocycles. The highest BCUT2D eigenvalue weighted by Gasteiger charge is 2.50. The van der Waals surface area contributed by atoms with Crippen LogP contribution in [-0.4, -0.2) is 98.1 Å². The molecule has 262 valence electrons. The normalized spacial score (nSPS) is 29.5. The second kappa shape index (κ2) is 11.8. The molecule has 2 bridgehead atoms. The second-order valence-electron chi connectivity index (χ2n) is 15.8. The molecule has 1 saturated carbocycles. The minimum Gasteiger partial charge on any atom is -0.508 e. The number of amides is 1. The fourth-order valence-electron chi connectivity index (χ4n) is 8.75. The van der Waals surface area contributed by atoms with Gasteiger partial charge in [-0.3, -0.25) is 14.8 Å². The van der Waals surface area contributed by atoms with Crippen LogP contribution >= 0.6 is 11.6 Å². The van der Waals surface area contributed by atoms with E-state index in [0.717, 1.165) is 44.2 Å². The summed E-state index contributed by atoms with van der Waals surface area (Å²) >= 11 is 6.64. The maximum atomic E-state index is 16.9. The highest BCUT2D eigenvalue weighted by molar-refractivity contribution is 6.32. The lowest BCUT2D eigenvalue weighted by Gasteiger charge is -2.42. The number of carbonyl (C=O) groups is 1. The van der Waals surface area contributed by atoms with E-state index in [4.69, 9.17) is 26.1 Å². The SMILES string of the molecule is C[C@H]1C[C@@H]1c1c(Cl)cc(O)cc1-c1ncc2c(N3CC4CCC(C3)N4C(=O)OC(C)(C)C)nc(OC[C@@]34CCCN3C[C@H](F)C4)nc2c1F. The van der Waals surface area contributed by atoms with Gasteiger partial charge in [0.1, 0.15) is 41.2 Å². The number of alkyl halides is 1. The van der Waals surface area contributed by atoms with Crippen LogP contribution in [0.25, 0.3) is 22.2 Å². The van der Waals surface area contributed by atoms with Gasteiger partial charge in [0.25, 0.3) is 0 Å². The number of ether oxygens (including phenoxy) is 2. The number of aromatic nitrogens is 3. The van der Waals surface area contributed by atoms with Crippen molar-refractivity contribution in [1.29, 1.82) is 0 Å². The maximum Gasteiger partial charge on any atom is 0.410 e. The molecule has 6 atom stereocenters. The predicted molar refractivity (Wildman–Crippen MR) is 182 cm³/mol. The van der Waals surface area contributed by atoms with E-state index in [9.17, 15) is 14.3 Å². The van der Waals surface area contributed by atoms with Crippen molar-refractivity contribution >= 4 is 34.4 Å². The van der Waals surface area contributed by atoms with Gasteiger partial charge in [-0.25, -0.2) is 13.6 Å². The average molecular weight is 697 g/mol. The molecule has 1 amide bonds. The third-order valence-electron chi connectivity index (χ3n) is 11.1. The van der Waals surface area contributed by atoms with Crippen molar-refractivity contribution in [1.82, 2.24) is 24.8 Å². The molecular weight excluding hydrogens is 654 g/mol. The molecule has 5 fully saturated rings. The van der Waals surface area contributed by atoms with Crippen molar-refractivity contribution in [2.75, 3.05) is 37.7 Å². The summed E-state index contributed by atoms with van der Waals surface area (Å²) in [6, 6.07) is 2.79. The third kappa shape index (κ3) is 5.82. The highest BCUT2D eigenvalue weighted by atomic mass is 35.5. The van der Waals surface area contributed by atoms with Crippen molar-refractivity contribution < 1.29 is 28.2 Å². The summed E-state index contributed by atoms with van der Waals surface area (Å²) in [5.41, 5.74) is 0.230. The number of fused-ring (bicyclic) bond motifs is 4. The molecule has 4 aliphatic heterocycles. The fraction of sp³-hybridized carbons (Fsp3) is 0.611. The molecule has 1 aliphatic carbocycles. The molecular formula is C36H43ClF2N6O4. The van der Waals surface area contributed by atoms with E-state index in [2.05, 4.69) is 26.7 Å². The van der Waals surface area contributed by atoms with Gasteiger partial charge >= 0.3 is 12.1 Å². The Labute approximate surface area is 289 Å². The van der Waals surface area contributed by atoms with Gasteiger partial charge in [-0.2, -0.15) is 9.97 Å². The number of anilines is 1. The first-order chi connectivity index (χ1) is 23.3. The van der Waals surface area contributed by atoms with Crippen LogP contribution in [0.4, 0.5) is 19.4 Å². The third-order valence-corrected chi connectivity index (χ3v) is 11.4. The summed E-state index contributed by atoms with van der Waals surface area (Å²) in [4.78, 5) is 33.4. The number of phenols is 1. The minimum atomic E-state index is -0.919. The monoisotopic (exact) mass is 696 g/mol. The van der Waals surface area contributed by atoms with Gasteiger partial charge < -0.3 is 19.5 Å². The zero-order valence-electron chi connectivity index (χ0n) is 28.4. The Kier molecular flexibility index (Phi) is 7.86. The maximum absolute atomic E-state index is 16.9. The quantitative estimate of drug-likeness (QED) is 0.296. The lowest BCUT2D eigenvalue weighted by molar-refractivity contribution is 0.0122. The first-order valence-corrected chi connectivity index (χ1v) is 17.9. The van der Waals surface area contributed by atoms with E-state index >= 15 is 4.39 Å². The van der Waals surface area contributed by atoms with Crippen molar-refractivity contribution in [2.45, 2.75) is 102 Å². The number of piperazine rings is 1. The summed E-state index contributed by atoms with van der Waals surface area (Å²) in [6.07, 6.45) is 5.02. The van der Waals surface area contributed by atoms with Crippen LogP contribution in [0.3, 0.4) is 0 Å². The molecule has 4 saturated heterocycles. The molecule has 6 heterocycles. The van der Waals surface area contributed by atoms with Gasteiger partial charge in [-0.05, 0) is 89.0 Å². The lowest BCUT2D eigenvalue weighted by Crippen LogP contribution is -2.57. The van der Waals surface area contributed by atoms with Crippen LogP contribution in [0.1, 0.15) is 77.7 Å². The van der Waals surface area contributed by atoms with Crippen LogP contribution in [-0.2, 0) is 4.74 Å². The van der Waals surface area contributed by atoms with Crippen molar-refractivity contribution in [3.63, 3.8) is 0 Å². The zero-order valence-corrected chi connectivity index (χ0v) is 29.1. The molecule has 2 aromatic heterocycles. The van der Waals surface area contributed by atoms with Gasteiger partial charge in [-0.15, -0.1) is 0 Å². The summed E-state index contributed by atoms with van der Waals surface area (Å²) in [5.74, 6) is 0.243. The van der Waals surface area contributed by atoms with Gasteiger partial charge in [0.15, 0.2) is 5.82 Å². The largest absolute Gasteiger partial charge is 0.508 e. The summed E-state index contributed by atoms with van der Waals surface area (Å²) in [5, 5.41) is 11.3. The average Bonchev–Trinajstić information content (AvgIpc) is 3.32. The summed E-state index contributed by atoms with van der Waals surface area (Å²) < 4.78 is 43.5. The number of benzene rings is 1. The molecule has 3 aromatic rings. The Morgan fingerprint density at radius 2 is 1.90 bits per heavy atom. The molecule has 2 unspecified atom stereocenters. The highest BCUT2D eigenvalue weighted by Crippen LogP contribution is 2.53. The standard InChI is InChI=1S/C36H43ClF2N6O4/c1-19-10-24(19)28-25(11-23(46)12-27(28)37)30-29(39)31-26(14-40-30)32(42-33(41-31)48-18-36-8-5-9-44(36)15-20(38)13-36)43-16-21-6-7-22(17-43)45(21)34(47)49-35(2,3)4/h11-12,14,19-22,24,46H,5-10,13,15-18H2,1-4H3/t19-,20+,21?,22?,24-,36-/m0/s1. The van der Waals surface area contributed by atoms with Gasteiger partial charge in [0.05, 0.1) is 23.0 Å². The molecule has 5 aliphatic rings. The van der Waals surface area contributed by atoms with E-state index in [1.165, 1.54) is 12.1 Å². The molecule has 1 N–H and O–H groups in total. The fourth-order valence-corrected chi connectivity index (χ4v) is 9.11. The van der Waals surface area contributed by atoms with E-state index in [1.54, 1.807) is 6.20 Å². The van der Waals surface area contributed by atoms with Crippen LogP contribution in [0.5, 0.6) is 11.8 Å². The Balaban J connectivity index is 1.19. The molecule has 10 nitrogen and oxygen atoms in total. The molecule has 0 radical (unpaired) electrons. The van der Waals surface area contributed by atoms with E-state index in [-0.39, 0.29) is 53.7 Å². The molecule has 49 heavy (non-hydrogen) atoms. The van der Waals surface area contributed by atoms with Crippen molar-refractivity contribution in [3.05, 3.63) is 34.7 Å². The Hall–Kier alpha value is -3.51. The van der Waals surface area contributed by atoms with E-state index in [1.807, 2.05) is 25.7 Å². The van der Waals surface area contributed by atoms with E-state index < -0.39 is 23.1 Å². The van der Waals surface area contributed by atoms with E-state index in [0.29, 0.717) is 53.8 Å². The number of hydrogen-bond acceptors (Lipinski definition) is 9. The number of rotatable bonds is 6. The number of aromatic hydroxyl groups is 1. The van der Waals surface area contributed by atoms with Crippen molar-refractivity contribution in [2.24, 2.45) is 5.92 Å². The molecule has 13 heteroatoms. The van der Waals surface area contributed by atoms with Crippen LogP contribution in [0, 0.1) is 11.7 Å². The van der Waals surface area contributed by atoms with Crippen LogP contribution in [0.15, 0.2) is 18.3 Å². The number of pyridine rings is 1. The Bertz CT molecular complexity index is 1810. The second-order valence-corrected chi connectivity index (χ2v) is 16.2. The van der Waals surface area contributed by atoms with Gasteiger partial charge in [-0.1, -0.05) is 18.5 Å². The summed E-state index contributed by atoms with van der Waals surface area (Å²) in [6.45, 7) is 10.0. The number of hydrogen-bond donors (Lipinski definition) is 1. The number of phenolic OH excluding ortho intramolecular Hbond substituents is 1. The minimum absolute atomic E-state index is 0.00832. The van der Waals surface area contributed by atoms with Gasteiger partial charge in [0, 0.05) is 42.8 Å². The number of nitrogens with zero attached hydrogens (tertiary/aromatic N) is 6. The van der Waals surface area contributed by atoms with Crippen LogP contribution < -0.4 is 9.64 Å². The first-order valence-electron chi connectivity index (χ1n) is 17.5. The number of halogens is 3. The summed E-state index contributed by atoms with van der Waals surface area (Å²) in [7, 11) is 0. The van der Waals surface area contributed by atoms with Gasteiger partial charge in [0.2, 0.25) is 0 Å². The Morgan fingerprint density at radius 1 is 1.16 bits per heavy atom. The lowest BCUT2D eigenvalue weighted by atomic mass is 9.95. The smallest absolute Gasteiger partial charge is 0.410 e. The van der Waals surface area contributed by atoms with Crippen molar-refractivity contribution in [3.8, 4) is 23.0 Å². The first kappa shape index (κ1) is 32.7. The Morgan fingerprint density at radius 3 is 2.59 bits per heavy atom. The zero-order chi connectivity index (χ0) is 34.4. The van der Waals surface area contributed by atoms with Crippen LogP contribution in [0.2, 0.25) is 5.02 Å². The molecule has 0 spiro atoms. The number of carbonyl (C=O) groups excluding carboxylic acids is 1.